The molecule has 268 valence electrons. The Hall–Kier alpha value is -2.58. The van der Waals surface area contributed by atoms with E-state index in [9.17, 15) is 35.9 Å². The van der Waals surface area contributed by atoms with Crippen LogP contribution in [0.2, 0.25) is 10.0 Å². The fourth-order valence-corrected chi connectivity index (χ4v) is 8.02. The maximum Gasteiger partial charge on any atom is 0.416 e. The Morgan fingerprint density at radius 1 is 0.776 bits per heavy atom. The van der Waals surface area contributed by atoms with E-state index in [-0.39, 0.29) is 36.5 Å². The number of halogens is 8. The number of nitrogens with zero attached hydrogens (tertiary/aromatic N) is 4. The van der Waals surface area contributed by atoms with Gasteiger partial charge < -0.3 is 14.5 Å². The lowest BCUT2D eigenvalue weighted by molar-refractivity contribution is -0.143. The van der Waals surface area contributed by atoms with Gasteiger partial charge in [-0.2, -0.15) is 26.3 Å². The highest BCUT2D eigenvalue weighted by molar-refractivity contribution is 6.42. The van der Waals surface area contributed by atoms with Crippen molar-refractivity contribution in [2.75, 3.05) is 59.0 Å². The number of piperazine rings is 1. The van der Waals surface area contributed by atoms with Crippen LogP contribution in [0.15, 0.2) is 36.4 Å². The van der Waals surface area contributed by atoms with E-state index >= 15 is 0 Å². The van der Waals surface area contributed by atoms with E-state index in [0.717, 1.165) is 51.1 Å². The number of carbonyl (C=O) groups excluding carboxylic acids is 2. The Morgan fingerprint density at radius 3 is 2.00 bits per heavy atom. The van der Waals surface area contributed by atoms with Crippen LogP contribution < -0.4 is 0 Å². The van der Waals surface area contributed by atoms with Gasteiger partial charge in [-0.15, -0.1) is 0 Å². The van der Waals surface area contributed by atoms with Crippen molar-refractivity contribution in [3.05, 3.63) is 68.7 Å². The second kappa shape index (κ2) is 14.6. The third-order valence-electron chi connectivity index (χ3n) is 10.4. The Balaban J connectivity index is 1.15. The fraction of sp³-hybridized carbons (Fsp3) is 0.588. The minimum Gasteiger partial charge on any atom is -0.381 e. The average Bonchev–Trinajstić information content (AvgIpc) is 3.79. The number of carbonyl (C=O) groups is 2. The van der Waals surface area contributed by atoms with Crippen LogP contribution in [0, 0.1) is 5.92 Å². The second-order valence-corrected chi connectivity index (χ2v) is 14.3. The van der Waals surface area contributed by atoms with Gasteiger partial charge >= 0.3 is 12.4 Å². The normalized spacial score (nSPS) is 26.0. The van der Waals surface area contributed by atoms with Crippen LogP contribution >= 0.6 is 23.2 Å². The summed E-state index contributed by atoms with van der Waals surface area (Å²) in [5.41, 5.74) is -2.96. The lowest BCUT2D eigenvalue weighted by Gasteiger charge is -2.47. The molecule has 6 rings (SSSR count). The largest absolute Gasteiger partial charge is 0.416 e. The van der Waals surface area contributed by atoms with Gasteiger partial charge in [0.1, 0.15) is 0 Å². The van der Waals surface area contributed by atoms with Crippen LogP contribution in [0.5, 0.6) is 0 Å². The molecule has 0 bridgehead atoms. The molecule has 2 aromatic rings. The van der Waals surface area contributed by atoms with E-state index in [2.05, 4.69) is 9.80 Å². The zero-order valence-corrected chi connectivity index (χ0v) is 28.2. The number of amides is 2. The summed E-state index contributed by atoms with van der Waals surface area (Å²) in [6.07, 6.45) is -7.16. The highest BCUT2D eigenvalue weighted by atomic mass is 35.5. The molecular weight excluding hydrogens is 697 g/mol. The molecule has 0 radical (unpaired) electrons. The number of hydrogen-bond donors (Lipinski definition) is 0. The van der Waals surface area contributed by atoms with Gasteiger partial charge in [-0.05, 0) is 68.0 Å². The molecule has 7 nitrogen and oxygen atoms in total. The topological polar surface area (TPSA) is 56.3 Å². The monoisotopic (exact) mass is 734 g/mol. The summed E-state index contributed by atoms with van der Waals surface area (Å²) in [4.78, 5) is 34.8. The molecule has 2 aromatic carbocycles. The molecule has 4 atom stereocenters. The summed E-state index contributed by atoms with van der Waals surface area (Å²) in [5.74, 6) is -0.757. The summed E-state index contributed by atoms with van der Waals surface area (Å²) >= 11 is 12.4. The summed E-state index contributed by atoms with van der Waals surface area (Å²) in [6, 6.07) is 5.88. The SMILES string of the molecule is O=C(C1CCOC1)N1CC[C@@H](N2CCN(C3CCN(C(=O)c4cc(C(F)(F)F)cc(C(F)(F)F)c4)C(Cc4ccc(Cl)c(Cl)c4)C3)CC2)C1. The van der Waals surface area contributed by atoms with Crippen molar-refractivity contribution in [3.63, 3.8) is 0 Å². The number of benzene rings is 2. The smallest absolute Gasteiger partial charge is 0.381 e. The molecule has 4 aliphatic rings. The van der Waals surface area contributed by atoms with Gasteiger partial charge in [0.15, 0.2) is 0 Å². The molecule has 2 amide bonds. The number of alkyl halides is 6. The number of rotatable bonds is 6. The van der Waals surface area contributed by atoms with Crippen molar-refractivity contribution in [1.29, 1.82) is 0 Å². The van der Waals surface area contributed by atoms with Crippen molar-refractivity contribution in [2.45, 2.75) is 62.6 Å². The van der Waals surface area contributed by atoms with Crippen LogP contribution in [0.1, 0.15) is 52.7 Å². The van der Waals surface area contributed by atoms with Crippen molar-refractivity contribution < 1.29 is 40.7 Å². The van der Waals surface area contributed by atoms with Crippen LogP contribution in [0.3, 0.4) is 0 Å². The predicted octanol–water partition coefficient (Wildman–Crippen LogP) is 6.50. The average molecular weight is 736 g/mol. The Labute approximate surface area is 291 Å². The maximum absolute atomic E-state index is 13.8. The molecule has 0 saturated carbocycles. The molecule has 4 heterocycles. The molecular formula is C34H38Cl2F6N4O3. The van der Waals surface area contributed by atoms with Crippen molar-refractivity contribution in [2.24, 2.45) is 5.92 Å². The maximum atomic E-state index is 13.8. The first-order valence-electron chi connectivity index (χ1n) is 16.6. The van der Waals surface area contributed by atoms with Crippen LogP contribution in [0.25, 0.3) is 0 Å². The van der Waals surface area contributed by atoms with Gasteiger partial charge in [-0.25, -0.2) is 0 Å². The van der Waals surface area contributed by atoms with Gasteiger partial charge in [0.05, 0.1) is 33.7 Å². The zero-order valence-electron chi connectivity index (χ0n) is 26.7. The van der Waals surface area contributed by atoms with E-state index in [4.69, 9.17) is 27.9 Å². The minimum absolute atomic E-state index is 0.0292. The number of ether oxygens (including phenoxy) is 1. The van der Waals surface area contributed by atoms with Gasteiger partial charge in [0.2, 0.25) is 5.91 Å². The number of hydrogen-bond acceptors (Lipinski definition) is 5. The number of piperidine rings is 1. The second-order valence-electron chi connectivity index (χ2n) is 13.4. The molecule has 0 N–H and O–H groups in total. The van der Waals surface area contributed by atoms with Gasteiger partial charge in [-0.3, -0.25) is 19.4 Å². The van der Waals surface area contributed by atoms with Gasteiger partial charge in [0, 0.05) is 76.1 Å². The molecule has 49 heavy (non-hydrogen) atoms. The molecule has 4 saturated heterocycles. The summed E-state index contributed by atoms with van der Waals surface area (Å²) < 4.78 is 87.2. The minimum atomic E-state index is -5.07. The van der Waals surface area contributed by atoms with E-state index in [1.165, 1.54) is 4.90 Å². The predicted molar refractivity (Wildman–Crippen MR) is 172 cm³/mol. The van der Waals surface area contributed by atoms with Gasteiger partial charge in [-0.1, -0.05) is 29.3 Å². The summed E-state index contributed by atoms with van der Waals surface area (Å²) in [7, 11) is 0. The molecule has 4 fully saturated rings. The highest BCUT2D eigenvalue weighted by Crippen LogP contribution is 2.38. The Morgan fingerprint density at radius 2 is 1.41 bits per heavy atom. The third kappa shape index (κ3) is 8.32. The summed E-state index contributed by atoms with van der Waals surface area (Å²) in [6.45, 7) is 5.86. The van der Waals surface area contributed by atoms with Crippen LogP contribution in [-0.2, 0) is 28.3 Å². The first-order chi connectivity index (χ1) is 23.2. The molecule has 0 spiro atoms. The lowest BCUT2D eigenvalue weighted by atomic mass is 9.90. The van der Waals surface area contributed by atoms with Crippen molar-refractivity contribution in [3.8, 4) is 0 Å². The van der Waals surface area contributed by atoms with E-state index in [1.54, 1.807) is 18.2 Å². The van der Waals surface area contributed by atoms with E-state index < -0.39 is 41.0 Å². The van der Waals surface area contributed by atoms with E-state index in [0.29, 0.717) is 61.2 Å². The lowest BCUT2D eigenvalue weighted by Crippen LogP contribution is -2.58. The molecule has 0 aromatic heterocycles. The molecule has 4 aliphatic heterocycles. The summed E-state index contributed by atoms with van der Waals surface area (Å²) in [5, 5.41) is 0.640. The third-order valence-corrected chi connectivity index (χ3v) is 11.1. The zero-order chi connectivity index (χ0) is 35.1. The fourth-order valence-electron chi connectivity index (χ4n) is 7.70. The van der Waals surface area contributed by atoms with Crippen molar-refractivity contribution >= 4 is 35.0 Å². The molecule has 15 heteroatoms. The highest BCUT2D eigenvalue weighted by Gasteiger charge is 2.41. The van der Waals surface area contributed by atoms with E-state index in [1.807, 2.05) is 4.90 Å². The first kappa shape index (κ1) is 36.2. The van der Waals surface area contributed by atoms with Crippen LogP contribution in [0.4, 0.5) is 26.3 Å². The molecule has 0 aliphatic carbocycles. The Kier molecular flexibility index (Phi) is 10.8. The molecule has 3 unspecified atom stereocenters. The standard InChI is InChI=1S/C34H38Cl2F6N4O3/c35-29-2-1-21(14-30(29)36)13-28-18-26(4-7-46(28)32(48)23-15-24(33(37,38)39)17-25(16-23)34(40,41)42)43-8-10-44(11-9-43)27-3-6-45(19-27)31(47)22-5-12-49-20-22/h1-2,14-17,22,26-28H,3-13,18-20H2/t22?,26?,27-,28?/m1/s1. The number of likely N-dealkylation sites (tertiary alicyclic amines) is 2. The van der Waals surface area contributed by atoms with Crippen LogP contribution in [-0.4, -0.2) is 109 Å². The van der Waals surface area contributed by atoms with Crippen molar-refractivity contribution in [1.82, 2.24) is 19.6 Å². The van der Waals surface area contributed by atoms with Gasteiger partial charge in [0.25, 0.3) is 5.91 Å². The Bertz CT molecular complexity index is 1500. The quantitative estimate of drug-likeness (QED) is 0.318. The first-order valence-corrected chi connectivity index (χ1v) is 17.3.